The van der Waals surface area contributed by atoms with E-state index in [1.807, 2.05) is 0 Å². The molecule has 3 atom stereocenters. The van der Waals surface area contributed by atoms with E-state index in [1.54, 1.807) is 6.07 Å². The van der Waals surface area contributed by atoms with Gasteiger partial charge in [-0.25, -0.2) is 8.78 Å². The Morgan fingerprint density at radius 2 is 1.88 bits per heavy atom. The zero-order valence-electron chi connectivity index (χ0n) is 10.6. The maximum Gasteiger partial charge on any atom is 0.129 e. The third-order valence-electron chi connectivity index (χ3n) is 3.95. The van der Waals surface area contributed by atoms with Crippen LogP contribution in [0.3, 0.4) is 0 Å². The molecule has 1 aliphatic rings. The number of hydrogen-bond donors (Lipinski definition) is 0. The molecule has 0 N–H and O–H groups in total. The molecule has 2 rings (SSSR count). The van der Waals surface area contributed by atoms with Crippen LogP contribution in [0.5, 0.6) is 0 Å². The third kappa shape index (κ3) is 2.49. The van der Waals surface area contributed by atoms with Crippen LogP contribution in [0.15, 0.2) is 18.2 Å². The van der Waals surface area contributed by atoms with Crippen molar-refractivity contribution in [3.8, 4) is 0 Å². The van der Waals surface area contributed by atoms with Gasteiger partial charge in [0.15, 0.2) is 0 Å². The Morgan fingerprint density at radius 1 is 1.18 bits per heavy atom. The molecule has 94 valence electrons. The van der Waals surface area contributed by atoms with Crippen molar-refractivity contribution in [1.29, 1.82) is 0 Å². The van der Waals surface area contributed by atoms with Crippen LogP contribution in [-0.4, -0.2) is 25.0 Å². The molecule has 1 nitrogen and oxygen atoms in total. The van der Waals surface area contributed by atoms with E-state index in [2.05, 4.69) is 25.9 Å². The summed E-state index contributed by atoms with van der Waals surface area (Å²) in [6.45, 7) is 2.15. The maximum absolute atomic E-state index is 13.8. The molecule has 1 fully saturated rings. The molecule has 0 heterocycles. The van der Waals surface area contributed by atoms with Crippen molar-refractivity contribution in [3.05, 3.63) is 35.4 Å². The van der Waals surface area contributed by atoms with E-state index in [0.717, 1.165) is 18.9 Å². The lowest BCUT2D eigenvalue weighted by Crippen LogP contribution is -2.24. The van der Waals surface area contributed by atoms with Gasteiger partial charge in [-0.2, -0.15) is 0 Å². The van der Waals surface area contributed by atoms with Gasteiger partial charge in [-0.1, -0.05) is 13.0 Å². The Labute approximate surface area is 101 Å². The van der Waals surface area contributed by atoms with E-state index in [4.69, 9.17) is 0 Å². The second-order valence-electron chi connectivity index (χ2n) is 5.34. The van der Waals surface area contributed by atoms with Crippen molar-refractivity contribution in [2.24, 2.45) is 5.92 Å². The molecule has 1 aromatic rings. The zero-order chi connectivity index (χ0) is 12.6. The second kappa shape index (κ2) is 4.73. The smallest absolute Gasteiger partial charge is 0.129 e. The van der Waals surface area contributed by atoms with Crippen LogP contribution in [0.2, 0.25) is 0 Å². The normalized spacial score (nSPS) is 28.9. The van der Waals surface area contributed by atoms with Crippen LogP contribution >= 0.6 is 0 Å². The Morgan fingerprint density at radius 3 is 2.41 bits per heavy atom. The van der Waals surface area contributed by atoms with E-state index in [-0.39, 0.29) is 5.92 Å². The van der Waals surface area contributed by atoms with Crippen LogP contribution in [0.4, 0.5) is 8.78 Å². The molecule has 1 saturated carbocycles. The summed E-state index contributed by atoms with van der Waals surface area (Å²) in [7, 11) is 4.11. The summed E-state index contributed by atoms with van der Waals surface area (Å²) in [5.74, 6) is -0.243. The predicted molar refractivity (Wildman–Crippen MR) is 65.0 cm³/mol. The van der Waals surface area contributed by atoms with Crippen LogP contribution < -0.4 is 0 Å². The highest BCUT2D eigenvalue weighted by Crippen LogP contribution is 2.41. The van der Waals surface area contributed by atoms with Crippen molar-refractivity contribution < 1.29 is 8.78 Å². The van der Waals surface area contributed by atoms with E-state index >= 15 is 0 Å². The first kappa shape index (κ1) is 12.5. The first-order valence-electron chi connectivity index (χ1n) is 6.10. The molecule has 0 aliphatic heterocycles. The Bertz CT molecular complexity index is 403. The Kier molecular flexibility index (Phi) is 3.48. The van der Waals surface area contributed by atoms with Gasteiger partial charge in [0.25, 0.3) is 0 Å². The van der Waals surface area contributed by atoms with Gasteiger partial charge in [-0.05, 0) is 50.4 Å². The van der Waals surface area contributed by atoms with Crippen molar-refractivity contribution in [3.63, 3.8) is 0 Å². The summed E-state index contributed by atoms with van der Waals surface area (Å²) >= 11 is 0. The maximum atomic E-state index is 13.8. The highest BCUT2D eigenvalue weighted by Gasteiger charge is 2.34. The topological polar surface area (TPSA) is 3.24 Å². The molecule has 1 aromatic carbocycles. The predicted octanol–water partition coefficient (Wildman–Crippen LogP) is 3.41. The number of hydrogen-bond acceptors (Lipinski definition) is 1. The van der Waals surface area contributed by atoms with Gasteiger partial charge in [0.1, 0.15) is 11.6 Å². The van der Waals surface area contributed by atoms with Gasteiger partial charge < -0.3 is 4.90 Å². The van der Waals surface area contributed by atoms with E-state index in [1.165, 1.54) is 6.07 Å². The monoisotopic (exact) mass is 239 g/mol. The minimum absolute atomic E-state index is 0.211. The summed E-state index contributed by atoms with van der Waals surface area (Å²) in [6.07, 6.45) is 2.03. The average molecular weight is 239 g/mol. The highest BCUT2D eigenvalue weighted by atomic mass is 19.1. The molecule has 0 aromatic heterocycles. The highest BCUT2D eigenvalue weighted by molar-refractivity contribution is 5.25. The fourth-order valence-electron chi connectivity index (χ4n) is 2.87. The molecular weight excluding hydrogens is 220 g/mol. The van der Waals surface area contributed by atoms with Gasteiger partial charge in [-0.15, -0.1) is 0 Å². The average Bonchev–Trinajstić information content (AvgIpc) is 2.61. The summed E-state index contributed by atoms with van der Waals surface area (Å²) in [6, 6.07) is 4.45. The lowest BCUT2D eigenvalue weighted by molar-refractivity contribution is 0.292. The lowest BCUT2D eigenvalue weighted by Gasteiger charge is -2.19. The van der Waals surface area contributed by atoms with Gasteiger partial charge in [0.05, 0.1) is 0 Å². The molecule has 0 bridgehead atoms. The molecule has 0 unspecified atom stereocenters. The number of nitrogens with zero attached hydrogens (tertiary/aromatic N) is 1. The van der Waals surface area contributed by atoms with Gasteiger partial charge >= 0.3 is 0 Å². The Balaban J connectivity index is 2.23. The molecule has 17 heavy (non-hydrogen) atoms. The van der Waals surface area contributed by atoms with Crippen LogP contribution in [0.1, 0.15) is 31.2 Å². The minimum Gasteiger partial charge on any atom is -0.306 e. The van der Waals surface area contributed by atoms with Gasteiger partial charge in [0, 0.05) is 12.1 Å². The fourth-order valence-corrected chi connectivity index (χ4v) is 2.87. The molecule has 0 amide bonds. The summed E-state index contributed by atoms with van der Waals surface area (Å²) in [5.41, 5.74) is 0.670. The van der Waals surface area contributed by atoms with Crippen LogP contribution in [-0.2, 0) is 0 Å². The van der Waals surface area contributed by atoms with Crippen molar-refractivity contribution >= 4 is 0 Å². The number of rotatable bonds is 2. The first-order chi connectivity index (χ1) is 7.99. The molecule has 1 aliphatic carbocycles. The SMILES string of the molecule is C[C@@H]1C[C@H](N(C)C)C[C@H]1c1ccc(F)cc1F. The van der Waals surface area contributed by atoms with Gasteiger partial charge in [-0.3, -0.25) is 0 Å². The fraction of sp³-hybridized carbons (Fsp3) is 0.571. The summed E-state index contributed by atoms with van der Waals surface area (Å²) in [5, 5.41) is 0. The summed E-state index contributed by atoms with van der Waals surface area (Å²) in [4.78, 5) is 2.19. The minimum atomic E-state index is -0.499. The number of benzene rings is 1. The molecule has 0 spiro atoms. The standard InChI is InChI=1S/C14H19F2N/c1-9-6-11(17(2)3)8-13(9)12-5-4-10(15)7-14(12)16/h4-5,7,9,11,13H,6,8H2,1-3H3/t9-,11+,13-/m1/s1. The first-order valence-corrected chi connectivity index (χ1v) is 6.10. The number of halogens is 2. The van der Waals surface area contributed by atoms with E-state index < -0.39 is 11.6 Å². The van der Waals surface area contributed by atoms with E-state index in [9.17, 15) is 8.78 Å². The van der Waals surface area contributed by atoms with Crippen molar-refractivity contribution in [2.45, 2.75) is 31.7 Å². The summed E-state index contributed by atoms with van der Waals surface area (Å²) < 4.78 is 26.6. The largest absolute Gasteiger partial charge is 0.306 e. The van der Waals surface area contributed by atoms with Gasteiger partial charge in [0.2, 0.25) is 0 Å². The second-order valence-corrected chi connectivity index (χ2v) is 5.34. The van der Waals surface area contributed by atoms with Crippen molar-refractivity contribution in [2.75, 3.05) is 14.1 Å². The van der Waals surface area contributed by atoms with Crippen LogP contribution in [0, 0.1) is 17.6 Å². The van der Waals surface area contributed by atoms with E-state index in [0.29, 0.717) is 17.5 Å². The quantitative estimate of drug-likeness (QED) is 0.764. The molecule has 0 saturated heterocycles. The zero-order valence-corrected chi connectivity index (χ0v) is 10.6. The Hall–Kier alpha value is -0.960. The lowest BCUT2D eigenvalue weighted by atomic mass is 9.90. The van der Waals surface area contributed by atoms with Crippen LogP contribution in [0.25, 0.3) is 0 Å². The molecule has 0 radical (unpaired) electrons. The molecule has 3 heteroatoms. The van der Waals surface area contributed by atoms with Crippen molar-refractivity contribution in [1.82, 2.24) is 4.90 Å². The third-order valence-corrected chi connectivity index (χ3v) is 3.95. The molecular formula is C14H19F2N.